The Kier molecular flexibility index (Phi) is 5.35. The van der Waals surface area contributed by atoms with Crippen LogP contribution in [0.25, 0.3) is 0 Å². The Balaban J connectivity index is 1.25. The maximum Gasteiger partial charge on any atom is 0.325 e. The van der Waals surface area contributed by atoms with Gasteiger partial charge in [-0.25, -0.2) is 4.79 Å². The number of hydrogen-bond donors (Lipinski definition) is 2. The largest absolute Gasteiger partial charge is 0.486 e. The topological polar surface area (TPSA) is 117 Å². The fourth-order valence-electron chi connectivity index (χ4n) is 4.38. The highest BCUT2D eigenvalue weighted by molar-refractivity contribution is 6.10. The summed E-state index contributed by atoms with van der Waals surface area (Å²) < 4.78 is 11.1. The van der Waals surface area contributed by atoms with Crippen LogP contribution in [0, 0.1) is 0 Å². The van der Waals surface area contributed by atoms with Gasteiger partial charge in [0.1, 0.15) is 25.3 Å². The highest BCUT2D eigenvalue weighted by atomic mass is 16.6. The van der Waals surface area contributed by atoms with Crippen molar-refractivity contribution in [2.75, 3.05) is 36.5 Å². The number of rotatable bonds is 5. The van der Waals surface area contributed by atoms with Crippen molar-refractivity contribution in [1.82, 2.24) is 10.2 Å². The number of nitrogens with one attached hydrogen (secondary N) is 2. The summed E-state index contributed by atoms with van der Waals surface area (Å²) in [5.74, 6) is 0.109. The van der Waals surface area contributed by atoms with E-state index in [1.807, 2.05) is 0 Å². The molecule has 0 unspecified atom stereocenters. The van der Waals surface area contributed by atoms with E-state index in [2.05, 4.69) is 10.6 Å². The molecule has 0 radical (unpaired) electrons. The van der Waals surface area contributed by atoms with Crippen molar-refractivity contribution in [3.63, 3.8) is 0 Å². The summed E-state index contributed by atoms with van der Waals surface area (Å²) >= 11 is 0. The van der Waals surface area contributed by atoms with Crippen molar-refractivity contribution in [3.05, 3.63) is 48.0 Å². The lowest BCUT2D eigenvalue weighted by Crippen LogP contribution is -2.42. The third-order valence-electron chi connectivity index (χ3n) is 6.23. The van der Waals surface area contributed by atoms with Crippen molar-refractivity contribution in [1.29, 1.82) is 0 Å². The number of carbonyl (C=O) groups excluding carboxylic acids is 4. The zero-order valence-electron chi connectivity index (χ0n) is 18.6. The van der Waals surface area contributed by atoms with Crippen molar-refractivity contribution < 1.29 is 28.7 Å². The highest BCUT2D eigenvalue weighted by Crippen LogP contribution is 2.36. The Hall–Kier alpha value is -4.08. The molecule has 0 aromatic heterocycles. The van der Waals surface area contributed by atoms with E-state index >= 15 is 0 Å². The number of carbonyl (C=O) groups is 4. The predicted octanol–water partition coefficient (Wildman–Crippen LogP) is 1.99. The Bertz CT molecular complexity index is 1180. The molecule has 2 N–H and O–H groups in total. The second-order valence-electron chi connectivity index (χ2n) is 8.55. The van der Waals surface area contributed by atoms with E-state index in [0.717, 1.165) is 17.0 Å². The van der Waals surface area contributed by atoms with Crippen LogP contribution in [0.2, 0.25) is 0 Å². The number of urea groups is 1. The average molecular weight is 464 g/mol. The third kappa shape index (κ3) is 3.81. The lowest BCUT2D eigenvalue weighted by Gasteiger charge is -2.25. The molecule has 10 heteroatoms. The first-order valence-corrected chi connectivity index (χ1v) is 11.1. The van der Waals surface area contributed by atoms with Gasteiger partial charge in [-0.1, -0.05) is 6.07 Å². The molecule has 1 atom stereocenters. The number of nitrogens with zero attached hydrogens (tertiary/aromatic N) is 2. The zero-order chi connectivity index (χ0) is 23.9. The molecule has 0 spiro atoms. The van der Waals surface area contributed by atoms with Crippen LogP contribution in [0.1, 0.15) is 25.3 Å². The van der Waals surface area contributed by atoms with Gasteiger partial charge in [0, 0.05) is 24.3 Å². The highest BCUT2D eigenvalue weighted by Gasteiger charge is 2.49. The molecular weight excluding hydrogens is 440 g/mol. The smallest absolute Gasteiger partial charge is 0.325 e. The summed E-state index contributed by atoms with van der Waals surface area (Å²) in [5.41, 5.74) is 0.466. The van der Waals surface area contributed by atoms with Gasteiger partial charge in [-0.3, -0.25) is 19.3 Å². The first-order valence-electron chi connectivity index (χ1n) is 11.1. The van der Waals surface area contributed by atoms with Gasteiger partial charge in [-0.15, -0.1) is 0 Å². The molecule has 2 saturated heterocycles. The van der Waals surface area contributed by atoms with Crippen LogP contribution in [0.5, 0.6) is 11.5 Å². The minimum Gasteiger partial charge on any atom is -0.486 e. The molecule has 2 aromatic rings. The maximum absolute atomic E-state index is 13.2. The Morgan fingerprint density at radius 3 is 2.50 bits per heavy atom. The van der Waals surface area contributed by atoms with Crippen LogP contribution in [0.3, 0.4) is 0 Å². The number of imide groups is 1. The predicted molar refractivity (Wildman–Crippen MR) is 122 cm³/mol. The summed E-state index contributed by atoms with van der Waals surface area (Å²) in [6, 6.07) is 11.3. The number of ether oxygens (including phenoxy) is 2. The van der Waals surface area contributed by atoms with Crippen molar-refractivity contribution in [3.8, 4) is 11.5 Å². The number of anilines is 2. The van der Waals surface area contributed by atoms with Crippen LogP contribution in [0.15, 0.2) is 42.5 Å². The molecule has 3 heterocycles. The van der Waals surface area contributed by atoms with E-state index in [-0.39, 0.29) is 5.91 Å². The van der Waals surface area contributed by atoms with Gasteiger partial charge in [0.2, 0.25) is 11.8 Å². The van der Waals surface area contributed by atoms with Crippen molar-refractivity contribution in [2.24, 2.45) is 0 Å². The van der Waals surface area contributed by atoms with E-state index in [0.29, 0.717) is 48.9 Å². The average Bonchev–Trinajstić information content (AvgIpc) is 3.36. The molecule has 2 aromatic carbocycles. The first-order chi connectivity index (χ1) is 16.3. The number of benzene rings is 2. The van der Waals surface area contributed by atoms with E-state index in [1.54, 1.807) is 54.3 Å². The lowest BCUT2D eigenvalue weighted by molar-refractivity contribution is -0.133. The minimum absolute atomic E-state index is 0.0800. The first kappa shape index (κ1) is 21.7. The van der Waals surface area contributed by atoms with Crippen molar-refractivity contribution in [2.45, 2.75) is 25.3 Å². The Labute approximate surface area is 195 Å². The summed E-state index contributed by atoms with van der Waals surface area (Å²) in [6.45, 7) is 2.68. The number of amides is 5. The van der Waals surface area contributed by atoms with Crippen LogP contribution < -0.4 is 25.0 Å². The molecule has 2 fully saturated rings. The molecule has 10 nitrogen and oxygen atoms in total. The third-order valence-corrected chi connectivity index (χ3v) is 6.23. The molecule has 176 valence electrons. The van der Waals surface area contributed by atoms with E-state index in [9.17, 15) is 19.2 Å². The summed E-state index contributed by atoms with van der Waals surface area (Å²) in [4.78, 5) is 52.9. The monoisotopic (exact) mass is 464 g/mol. The molecular formula is C24H24N4O6. The molecule has 0 bridgehead atoms. The van der Waals surface area contributed by atoms with Gasteiger partial charge in [-0.2, -0.15) is 0 Å². The molecule has 5 rings (SSSR count). The Morgan fingerprint density at radius 1 is 1.06 bits per heavy atom. The van der Waals surface area contributed by atoms with Crippen molar-refractivity contribution >= 4 is 35.1 Å². The maximum atomic E-state index is 13.2. The second kappa shape index (κ2) is 8.36. The fourth-order valence-corrected chi connectivity index (χ4v) is 4.38. The Morgan fingerprint density at radius 2 is 1.79 bits per heavy atom. The minimum atomic E-state index is -1.34. The molecule has 3 aliphatic heterocycles. The van der Waals surface area contributed by atoms with E-state index in [4.69, 9.17) is 9.47 Å². The molecule has 5 amide bonds. The summed E-state index contributed by atoms with van der Waals surface area (Å²) in [6.07, 6.45) is 1.37. The van der Waals surface area contributed by atoms with Crippen LogP contribution in [0.4, 0.5) is 16.2 Å². The fraction of sp³-hybridized carbons (Fsp3) is 0.333. The number of hydrogen-bond acceptors (Lipinski definition) is 6. The quantitative estimate of drug-likeness (QED) is 0.654. The van der Waals surface area contributed by atoms with Gasteiger partial charge in [0.15, 0.2) is 11.5 Å². The summed E-state index contributed by atoms with van der Waals surface area (Å²) in [5, 5.41) is 5.38. The van der Waals surface area contributed by atoms with Crippen LogP contribution >= 0.6 is 0 Å². The lowest BCUT2D eigenvalue weighted by atomic mass is 9.91. The SMILES string of the molecule is C[C@]1(c2ccc3c(c2)OCCO3)NC(=O)N(CC(=O)Nc2ccc(N3CCCC3=O)cc2)C1=O. The normalized spacial score (nSPS) is 21.6. The van der Waals surface area contributed by atoms with E-state index in [1.165, 1.54) is 0 Å². The standard InChI is InChI=1S/C24H24N4O6/c1-24(15-4-9-18-19(13-15)34-12-11-33-18)22(31)28(23(32)26-24)14-20(29)25-16-5-7-17(8-6-16)27-10-2-3-21(27)30/h4-9,13H,2-3,10-12,14H2,1H3,(H,25,29)(H,26,32)/t24-/m1/s1. The molecule has 3 aliphatic rings. The second-order valence-corrected chi connectivity index (χ2v) is 8.55. The van der Waals surface area contributed by atoms with Gasteiger partial charge in [0.05, 0.1) is 0 Å². The zero-order valence-corrected chi connectivity index (χ0v) is 18.6. The van der Waals surface area contributed by atoms with E-state index < -0.39 is 29.9 Å². The van der Waals surface area contributed by atoms with Crippen LogP contribution in [-0.4, -0.2) is 55.0 Å². The van der Waals surface area contributed by atoms with Gasteiger partial charge < -0.3 is 25.0 Å². The molecule has 0 saturated carbocycles. The van der Waals surface area contributed by atoms with Gasteiger partial charge >= 0.3 is 6.03 Å². The van der Waals surface area contributed by atoms with Crippen LogP contribution in [-0.2, 0) is 19.9 Å². The molecule has 0 aliphatic carbocycles. The van der Waals surface area contributed by atoms with Gasteiger partial charge in [0.25, 0.3) is 5.91 Å². The van der Waals surface area contributed by atoms with Gasteiger partial charge in [-0.05, 0) is 55.3 Å². The number of fused-ring (bicyclic) bond motifs is 1. The summed E-state index contributed by atoms with van der Waals surface area (Å²) in [7, 11) is 0. The molecule has 34 heavy (non-hydrogen) atoms.